The lowest BCUT2D eigenvalue weighted by atomic mass is 9.70. The zero-order chi connectivity index (χ0) is 27.4. The van der Waals surface area contributed by atoms with Crippen LogP contribution in [0.3, 0.4) is 0 Å². The van der Waals surface area contributed by atoms with E-state index in [0.717, 1.165) is 32.1 Å². The molecule has 2 aromatic carbocycles. The van der Waals surface area contributed by atoms with Crippen molar-refractivity contribution < 1.29 is 23.9 Å². The first-order chi connectivity index (χ1) is 18.7. The minimum absolute atomic E-state index is 0.0255. The van der Waals surface area contributed by atoms with Gasteiger partial charge in [-0.2, -0.15) is 0 Å². The summed E-state index contributed by atoms with van der Waals surface area (Å²) in [6, 6.07) is 14.8. The van der Waals surface area contributed by atoms with Gasteiger partial charge in [0.15, 0.2) is 5.78 Å². The van der Waals surface area contributed by atoms with E-state index in [1.807, 2.05) is 30.4 Å². The fourth-order valence-corrected chi connectivity index (χ4v) is 6.96. The Kier molecular flexibility index (Phi) is 6.18. The molecule has 0 aromatic heterocycles. The van der Waals surface area contributed by atoms with Crippen LogP contribution in [0, 0.1) is 11.8 Å². The molecule has 8 heteroatoms. The topological polar surface area (TPSA) is 105 Å². The van der Waals surface area contributed by atoms with Crippen molar-refractivity contribution in [2.75, 3.05) is 10.2 Å². The summed E-state index contributed by atoms with van der Waals surface area (Å²) in [6.07, 6.45) is 8.64. The molecular weight excluding hydrogens is 494 g/mol. The van der Waals surface area contributed by atoms with E-state index < -0.39 is 29.1 Å². The van der Waals surface area contributed by atoms with Crippen LogP contribution >= 0.6 is 0 Å². The number of nitrogens with zero attached hydrogens (tertiary/aromatic N) is 1. The van der Waals surface area contributed by atoms with Crippen molar-refractivity contribution in [2.45, 2.75) is 69.2 Å². The molecule has 2 N–H and O–H groups in total. The van der Waals surface area contributed by atoms with E-state index in [-0.39, 0.29) is 29.5 Å². The van der Waals surface area contributed by atoms with Crippen molar-refractivity contribution in [2.24, 2.45) is 11.8 Å². The van der Waals surface area contributed by atoms with Crippen molar-refractivity contribution >= 4 is 34.9 Å². The van der Waals surface area contributed by atoms with E-state index in [2.05, 4.69) is 10.6 Å². The third kappa shape index (κ3) is 4.09. The van der Waals surface area contributed by atoms with Gasteiger partial charge in [-0.1, -0.05) is 61.7 Å². The maximum Gasteiger partial charge on any atom is 0.246 e. The molecular formula is C31H33N3O5. The number of anilines is 2. The molecule has 1 saturated carbocycles. The van der Waals surface area contributed by atoms with E-state index in [4.69, 9.17) is 4.74 Å². The Morgan fingerprint density at radius 2 is 1.69 bits per heavy atom. The molecule has 202 valence electrons. The maximum atomic E-state index is 14.3. The highest BCUT2D eigenvalue weighted by atomic mass is 16.5. The molecule has 5 atom stereocenters. The monoisotopic (exact) mass is 527 g/mol. The molecule has 2 saturated heterocycles. The predicted molar refractivity (Wildman–Crippen MR) is 146 cm³/mol. The lowest BCUT2D eigenvalue weighted by Crippen LogP contribution is -2.56. The average Bonchev–Trinajstić information content (AvgIpc) is 3.50. The minimum atomic E-state index is -1.31. The molecule has 3 aliphatic heterocycles. The van der Waals surface area contributed by atoms with Crippen molar-refractivity contribution in [1.82, 2.24) is 5.32 Å². The zero-order valence-corrected chi connectivity index (χ0v) is 22.2. The predicted octanol–water partition coefficient (Wildman–Crippen LogP) is 4.02. The Morgan fingerprint density at radius 1 is 0.949 bits per heavy atom. The average molecular weight is 528 g/mol. The van der Waals surface area contributed by atoms with Gasteiger partial charge in [-0.3, -0.25) is 24.1 Å². The highest BCUT2D eigenvalue weighted by molar-refractivity contribution is 6.12. The summed E-state index contributed by atoms with van der Waals surface area (Å²) < 4.78 is 6.60. The second-order valence-corrected chi connectivity index (χ2v) is 11.3. The van der Waals surface area contributed by atoms with Crippen LogP contribution in [-0.2, 0) is 19.1 Å². The van der Waals surface area contributed by atoms with Crippen LogP contribution in [0.5, 0.6) is 0 Å². The lowest BCUT2D eigenvalue weighted by molar-refractivity contribution is -0.131. The van der Waals surface area contributed by atoms with E-state index in [0.29, 0.717) is 16.9 Å². The van der Waals surface area contributed by atoms with Gasteiger partial charge in [0.1, 0.15) is 11.6 Å². The van der Waals surface area contributed by atoms with Crippen LogP contribution in [0.25, 0.3) is 0 Å². The van der Waals surface area contributed by atoms with Crippen LogP contribution in [-0.4, -0.2) is 46.8 Å². The summed E-state index contributed by atoms with van der Waals surface area (Å²) in [7, 11) is 0. The number of para-hydroxylation sites is 1. The van der Waals surface area contributed by atoms with Crippen LogP contribution in [0.1, 0.15) is 56.3 Å². The third-order valence-electron chi connectivity index (χ3n) is 8.75. The van der Waals surface area contributed by atoms with Crippen LogP contribution in [0.2, 0.25) is 0 Å². The molecule has 2 bridgehead atoms. The van der Waals surface area contributed by atoms with Gasteiger partial charge < -0.3 is 15.4 Å². The number of ether oxygens (including phenoxy) is 1. The molecule has 0 radical (unpaired) electrons. The van der Waals surface area contributed by atoms with Gasteiger partial charge in [0, 0.05) is 23.0 Å². The molecule has 1 aliphatic carbocycles. The number of hydrogen-bond acceptors (Lipinski definition) is 5. The summed E-state index contributed by atoms with van der Waals surface area (Å²) in [4.78, 5) is 55.8. The molecule has 3 amide bonds. The Balaban J connectivity index is 1.41. The van der Waals surface area contributed by atoms with Crippen molar-refractivity contribution in [3.05, 3.63) is 72.3 Å². The second kappa shape index (κ2) is 9.45. The maximum absolute atomic E-state index is 14.3. The summed E-state index contributed by atoms with van der Waals surface area (Å²) in [6.45, 7) is 3.26. The number of ketones is 1. The molecule has 3 fully saturated rings. The van der Waals surface area contributed by atoms with Gasteiger partial charge in [-0.25, -0.2) is 0 Å². The van der Waals surface area contributed by atoms with Gasteiger partial charge in [0.2, 0.25) is 17.7 Å². The fourth-order valence-electron chi connectivity index (χ4n) is 6.96. The number of nitrogens with one attached hydrogen (secondary N) is 2. The first-order valence-corrected chi connectivity index (χ1v) is 13.7. The molecule has 3 heterocycles. The second-order valence-electron chi connectivity index (χ2n) is 11.3. The van der Waals surface area contributed by atoms with Gasteiger partial charge in [0.25, 0.3) is 0 Å². The van der Waals surface area contributed by atoms with E-state index >= 15 is 0 Å². The Hall–Kier alpha value is -3.78. The van der Waals surface area contributed by atoms with Crippen molar-refractivity contribution in [3.63, 3.8) is 0 Å². The number of carbonyl (C=O) groups excluding carboxylic acids is 4. The number of Topliss-reactive ketones (excluding diaryl/α,β-unsaturated/α-hetero) is 1. The molecule has 4 aliphatic rings. The molecule has 39 heavy (non-hydrogen) atoms. The quantitative estimate of drug-likeness (QED) is 0.436. The Labute approximate surface area is 227 Å². The molecule has 2 aromatic rings. The minimum Gasteiger partial charge on any atom is -0.356 e. The number of carbonyl (C=O) groups is 4. The first kappa shape index (κ1) is 25.5. The standard InChI is InChI=1S/C31H33N3O5/c1-19(35)20-10-9-15-23(18-20)34-26(28(37)33-22-13-7-4-8-14-22)31-17-16-30(2,39-31)24(25(31)29(34)38)27(36)32-21-11-5-3-6-12-21/h3,5-6,9-12,15-18,22,24-26H,4,7-8,13-14H2,1-2H3,(H,32,36)(H,33,37)/t24-,25+,26+,30-,31+/m1/s1. The van der Waals surface area contributed by atoms with Crippen molar-refractivity contribution in [3.8, 4) is 0 Å². The fraction of sp³-hybridized carbons (Fsp3) is 0.419. The summed E-state index contributed by atoms with van der Waals surface area (Å²) in [5, 5.41) is 6.13. The molecule has 8 nitrogen and oxygen atoms in total. The summed E-state index contributed by atoms with van der Waals surface area (Å²) >= 11 is 0. The molecule has 0 unspecified atom stereocenters. The number of benzene rings is 2. The van der Waals surface area contributed by atoms with Gasteiger partial charge >= 0.3 is 0 Å². The molecule has 1 spiro atoms. The zero-order valence-electron chi connectivity index (χ0n) is 22.2. The van der Waals surface area contributed by atoms with Crippen molar-refractivity contribution in [1.29, 1.82) is 0 Å². The lowest BCUT2D eigenvalue weighted by Gasteiger charge is -2.34. The summed E-state index contributed by atoms with van der Waals surface area (Å²) in [5.41, 5.74) is -0.860. The summed E-state index contributed by atoms with van der Waals surface area (Å²) in [5.74, 6) is -2.89. The number of hydrogen-bond donors (Lipinski definition) is 2. The largest absolute Gasteiger partial charge is 0.356 e. The number of rotatable bonds is 6. The normalized spacial score (nSPS) is 31.3. The first-order valence-electron chi connectivity index (χ1n) is 13.7. The third-order valence-corrected chi connectivity index (χ3v) is 8.75. The molecule has 6 rings (SSSR count). The highest BCUT2D eigenvalue weighted by Crippen LogP contribution is 2.60. The van der Waals surface area contributed by atoms with Crippen LogP contribution in [0.15, 0.2) is 66.7 Å². The van der Waals surface area contributed by atoms with Crippen LogP contribution in [0.4, 0.5) is 11.4 Å². The Bertz CT molecular complexity index is 1370. The van der Waals surface area contributed by atoms with E-state index in [9.17, 15) is 19.2 Å². The highest BCUT2D eigenvalue weighted by Gasteiger charge is 2.76. The number of fused-ring (bicyclic) bond motifs is 1. The van der Waals surface area contributed by atoms with Gasteiger partial charge in [-0.05, 0) is 51.0 Å². The van der Waals surface area contributed by atoms with E-state index in [1.54, 1.807) is 43.3 Å². The van der Waals surface area contributed by atoms with Gasteiger partial charge in [-0.15, -0.1) is 0 Å². The van der Waals surface area contributed by atoms with Gasteiger partial charge in [0.05, 0.1) is 17.4 Å². The van der Waals surface area contributed by atoms with Crippen LogP contribution < -0.4 is 15.5 Å². The smallest absolute Gasteiger partial charge is 0.246 e. The Morgan fingerprint density at radius 3 is 2.41 bits per heavy atom. The van der Waals surface area contributed by atoms with E-state index in [1.165, 1.54) is 11.8 Å². The number of amides is 3. The SMILES string of the molecule is CC(=O)c1cccc(N2C(=O)[C@@H]3[C@H](C(=O)Nc4ccccc4)[C@@]4(C)C=C[C@@]3(O4)[C@@H]2C(=O)NC2CCCCC2)c1.